The number of nitrogens with one attached hydrogen (secondary N) is 1. The van der Waals surface area contributed by atoms with Gasteiger partial charge in [-0.25, -0.2) is 4.98 Å². The largest absolute Gasteiger partial charge is 0.408 e. The van der Waals surface area contributed by atoms with Gasteiger partial charge in [0.25, 0.3) is 5.91 Å². The molecular formula is C15H15F3N4O2. The number of aromatic nitrogens is 1. The first-order valence-corrected chi connectivity index (χ1v) is 7.23. The van der Waals surface area contributed by atoms with Crippen LogP contribution in [0.25, 0.3) is 0 Å². The van der Waals surface area contributed by atoms with Crippen LogP contribution in [0.5, 0.6) is 0 Å². The van der Waals surface area contributed by atoms with E-state index in [2.05, 4.69) is 10.3 Å². The van der Waals surface area contributed by atoms with Crippen molar-refractivity contribution in [1.82, 2.24) is 15.2 Å². The predicted molar refractivity (Wildman–Crippen MR) is 76.7 cm³/mol. The number of amides is 2. The monoisotopic (exact) mass is 340 g/mol. The number of piperidine rings is 1. The minimum Gasteiger partial charge on any atom is -0.348 e. The number of alkyl halides is 3. The highest BCUT2D eigenvalue weighted by Crippen LogP contribution is 2.32. The van der Waals surface area contributed by atoms with Crippen LogP contribution in [0.1, 0.15) is 35.8 Å². The van der Waals surface area contributed by atoms with Gasteiger partial charge in [-0.2, -0.15) is 18.4 Å². The Balaban J connectivity index is 2.07. The molecule has 24 heavy (non-hydrogen) atoms. The van der Waals surface area contributed by atoms with Crippen LogP contribution in [0, 0.1) is 11.3 Å². The number of hydrogen-bond donors (Lipinski definition) is 1. The summed E-state index contributed by atoms with van der Waals surface area (Å²) in [5.74, 6) is -1.21. The number of nitrogens with zero attached hydrogens (tertiary/aromatic N) is 3. The lowest BCUT2D eigenvalue weighted by atomic mass is 9.97. The third kappa shape index (κ3) is 4.01. The van der Waals surface area contributed by atoms with Gasteiger partial charge in [-0.3, -0.25) is 9.59 Å². The van der Waals surface area contributed by atoms with Gasteiger partial charge in [0.2, 0.25) is 5.91 Å². The van der Waals surface area contributed by atoms with Crippen LogP contribution in [0.2, 0.25) is 0 Å². The summed E-state index contributed by atoms with van der Waals surface area (Å²) in [5, 5.41) is 11.4. The maximum absolute atomic E-state index is 13.0. The number of pyridine rings is 1. The summed E-state index contributed by atoms with van der Waals surface area (Å²) < 4.78 is 38.9. The molecule has 0 bridgehead atoms. The van der Waals surface area contributed by atoms with Gasteiger partial charge in [0.1, 0.15) is 17.8 Å². The average molecular weight is 340 g/mol. The van der Waals surface area contributed by atoms with Crippen LogP contribution < -0.4 is 5.32 Å². The third-order valence-corrected chi connectivity index (χ3v) is 3.84. The number of halogens is 3. The Kier molecular flexibility index (Phi) is 5.07. The number of hydrogen-bond acceptors (Lipinski definition) is 4. The van der Waals surface area contributed by atoms with Crippen molar-refractivity contribution in [1.29, 1.82) is 5.26 Å². The number of likely N-dealkylation sites (tertiary alicyclic amines) is 1. The summed E-state index contributed by atoms with van der Waals surface area (Å²) in [7, 11) is 0. The summed E-state index contributed by atoms with van der Waals surface area (Å²) in [6, 6.07) is 2.09. The molecule has 1 aromatic heterocycles. The highest BCUT2D eigenvalue weighted by Gasteiger charge is 2.47. The van der Waals surface area contributed by atoms with Crippen molar-refractivity contribution in [2.45, 2.75) is 38.0 Å². The molecule has 1 N–H and O–H groups in total. The lowest BCUT2D eigenvalue weighted by Crippen LogP contribution is -2.57. The molecule has 2 heterocycles. The maximum atomic E-state index is 13.0. The quantitative estimate of drug-likeness (QED) is 0.886. The fourth-order valence-electron chi connectivity index (χ4n) is 2.68. The molecule has 2 atom stereocenters. The van der Waals surface area contributed by atoms with Gasteiger partial charge in [0.05, 0.1) is 0 Å². The van der Waals surface area contributed by atoms with E-state index in [1.54, 1.807) is 6.07 Å². The molecule has 128 valence electrons. The average Bonchev–Trinajstić information content (AvgIpc) is 2.53. The van der Waals surface area contributed by atoms with E-state index in [0.717, 1.165) is 11.8 Å². The summed E-state index contributed by atoms with van der Waals surface area (Å²) in [5.41, 5.74) is 0.252. The standard InChI is InChI=1S/C15H15F3N4O2/c1-9(23)22-8-11(2-3-13(22)15(16,17)18)21-14(24)10-4-5-20-12(6-10)7-19/h4-6,11,13H,2-3,8H2,1H3,(H,21,24). The number of carbonyl (C=O) groups excluding carboxylic acids is 2. The second-order valence-corrected chi connectivity index (χ2v) is 5.52. The second-order valence-electron chi connectivity index (χ2n) is 5.52. The molecule has 1 saturated heterocycles. The van der Waals surface area contributed by atoms with E-state index in [0.29, 0.717) is 0 Å². The van der Waals surface area contributed by atoms with Crippen molar-refractivity contribution in [2.24, 2.45) is 0 Å². The van der Waals surface area contributed by atoms with Crippen molar-refractivity contribution in [3.8, 4) is 6.07 Å². The van der Waals surface area contributed by atoms with E-state index in [-0.39, 0.29) is 30.6 Å². The first kappa shape index (κ1) is 17.7. The Hall–Kier alpha value is -2.63. The lowest BCUT2D eigenvalue weighted by Gasteiger charge is -2.40. The molecular weight excluding hydrogens is 325 g/mol. The molecule has 2 rings (SSSR count). The van der Waals surface area contributed by atoms with E-state index in [4.69, 9.17) is 5.26 Å². The van der Waals surface area contributed by atoms with Crippen LogP contribution in [0.4, 0.5) is 13.2 Å². The minimum absolute atomic E-state index is 0.0637. The van der Waals surface area contributed by atoms with Crippen LogP contribution in [-0.2, 0) is 4.79 Å². The summed E-state index contributed by atoms with van der Waals surface area (Å²) in [6.07, 6.45) is -3.35. The molecule has 1 aliphatic heterocycles. The zero-order chi connectivity index (χ0) is 17.9. The molecule has 1 fully saturated rings. The topological polar surface area (TPSA) is 86.1 Å². The van der Waals surface area contributed by atoms with Gasteiger partial charge in [-0.05, 0) is 25.0 Å². The molecule has 6 nitrogen and oxygen atoms in total. The van der Waals surface area contributed by atoms with Crippen molar-refractivity contribution in [3.63, 3.8) is 0 Å². The number of rotatable bonds is 2. The maximum Gasteiger partial charge on any atom is 0.408 e. The van der Waals surface area contributed by atoms with Gasteiger partial charge < -0.3 is 10.2 Å². The molecule has 9 heteroatoms. The molecule has 1 aliphatic rings. The molecule has 2 unspecified atom stereocenters. The predicted octanol–water partition coefficient (Wildman–Crippen LogP) is 1.62. The Morgan fingerprint density at radius 1 is 1.42 bits per heavy atom. The molecule has 0 saturated carbocycles. The van der Waals surface area contributed by atoms with E-state index in [1.165, 1.54) is 18.3 Å². The second kappa shape index (κ2) is 6.86. The van der Waals surface area contributed by atoms with E-state index in [9.17, 15) is 22.8 Å². The van der Waals surface area contributed by atoms with Crippen molar-refractivity contribution < 1.29 is 22.8 Å². The number of carbonyl (C=O) groups is 2. The first-order chi connectivity index (χ1) is 11.2. The van der Waals surface area contributed by atoms with Gasteiger partial charge >= 0.3 is 6.18 Å². The van der Waals surface area contributed by atoms with E-state index < -0.39 is 30.1 Å². The molecule has 0 aliphatic carbocycles. The highest BCUT2D eigenvalue weighted by molar-refractivity contribution is 5.94. The van der Waals surface area contributed by atoms with Gasteiger partial charge in [-0.15, -0.1) is 0 Å². The summed E-state index contributed by atoms with van der Waals surface area (Å²) >= 11 is 0. The molecule has 1 aromatic rings. The molecule has 0 spiro atoms. The van der Waals surface area contributed by atoms with Gasteiger partial charge in [-0.1, -0.05) is 0 Å². The molecule has 0 aromatic carbocycles. The van der Waals surface area contributed by atoms with Crippen LogP contribution >= 0.6 is 0 Å². The summed E-state index contributed by atoms with van der Waals surface area (Å²) in [4.78, 5) is 28.1. The van der Waals surface area contributed by atoms with Gasteiger partial charge in [0, 0.05) is 31.3 Å². The fraction of sp³-hybridized carbons (Fsp3) is 0.467. The Labute approximate surface area is 136 Å². The SMILES string of the molecule is CC(=O)N1CC(NC(=O)c2ccnc(C#N)c2)CCC1C(F)(F)F. The zero-order valence-corrected chi connectivity index (χ0v) is 12.8. The zero-order valence-electron chi connectivity index (χ0n) is 12.8. The summed E-state index contributed by atoms with van der Waals surface area (Å²) in [6.45, 7) is 0.868. The minimum atomic E-state index is -4.49. The fourth-order valence-corrected chi connectivity index (χ4v) is 2.68. The van der Waals surface area contributed by atoms with Crippen LogP contribution in [-0.4, -0.2) is 46.5 Å². The van der Waals surface area contributed by atoms with E-state index >= 15 is 0 Å². The van der Waals surface area contributed by atoms with Crippen molar-refractivity contribution in [3.05, 3.63) is 29.6 Å². The van der Waals surface area contributed by atoms with Crippen molar-refractivity contribution >= 4 is 11.8 Å². The Morgan fingerprint density at radius 2 is 2.12 bits per heavy atom. The van der Waals surface area contributed by atoms with Crippen molar-refractivity contribution in [2.75, 3.05) is 6.54 Å². The van der Waals surface area contributed by atoms with E-state index in [1.807, 2.05) is 0 Å². The van der Waals surface area contributed by atoms with Gasteiger partial charge in [0.15, 0.2) is 0 Å². The normalized spacial score (nSPS) is 21.0. The Bertz CT molecular complexity index is 684. The first-order valence-electron chi connectivity index (χ1n) is 7.23. The lowest BCUT2D eigenvalue weighted by molar-refractivity contribution is -0.196. The third-order valence-electron chi connectivity index (χ3n) is 3.84. The van der Waals surface area contributed by atoms with Crippen LogP contribution in [0.15, 0.2) is 18.3 Å². The molecule has 0 radical (unpaired) electrons. The Morgan fingerprint density at radius 3 is 2.71 bits per heavy atom. The highest BCUT2D eigenvalue weighted by atomic mass is 19.4. The number of nitriles is 1. The smallest absolute Gasteiger partial charge is 0.348 e. The molecule has 2 amide bonds. The van der Waals surface area contributed by atoms with Crippen LogP contribution in [0.3, 0.4) is 0 Å².